The summed E-state index contributed by atoms with van der Waals surface area (Å²) in [6, 6.07) is 6.72. The SMILES string of the molecule is CCC[C@H]1CNc2c(CC)cccc21. The van der Waals surface area contributed by atoms with Crippen molar-refractivity contribution in [1.29, 1.82) is 0 Å². The minimum atomic E-state index is 0.751. The van der Waals surface area contributed by atoms with E-state index in [1.54, 1.807) is 5.56 Å². The van der Waals surface area contributed by atoms with Gasteiger partial charge in [0, 0.05) is 18.2 Å². The van der Waals surface area contributed by atoms with Gasteiger partial charge in [-0.05, 0) is 24.0 Å². The molecule has 1 aliphatic heterocycles. The van der Waals surface area contributed by atoms with E-state index in [2.05, 4.69) is 37.4 Å². The van der Waals surface area contributed by atoms with Crippen LogP contribution in [0, 0.1) is 0 Å². The average Bonchev–Trinajstić information content (AvgIpc) is 2.62. The lowest BCUT2D eigenvalue weighted by Crippen LogP contribution is -2.00. The van der Waals surface area contributed by atoms with E-state index in [0.717, 1.165) is 18.9 Å². The molecule has 0 amide bonds. The van der Waals surface area contributed by atoms with Crippen LogP contribution < -0.4 is 5.32 Å². The molecule has 1 atom stereocenters. The van der Waals surface area contributed by atoms with E-state index in [9.17, 15) is 0 Å². The van der Waals surface area contributed by atoms with Crippen LogP contribution in [0.1, 0.15) is 43.7 Å². The Labute approximate surface area is 86.5 Å². The first-order valence-electron chi connectivity index (χ1n) is 5.72. The third-order valence-corrected chi connectivity index (χ3v) is 3.17. The van der Waals surface area contributed by atoms with E-state index in [-0.39, 0.29) is 0 Å². The summed E-state index contributed by atoms with van der Waals surface area (Å²) in [4.78, 5) is 0. The Hall–Kier alpha value is -0.980. The highest BCUT2D eigenvalue weighted by molar-refractivity contribution is 5.63. The van der Waals surface area contributed by atoms with E-state index in [4.69, 9.17) is 0 Å². The summed E-state index contributed by atoms with van der Waals surface area (Å²) in [5.41, 5.74) is 4.45. The van der Waals surface area contributed by atoms with Crippen LogP contribution in [0.3, 0.4) is 0 Å². The summed E-state index contributed by atoms with van der Waals surface area (Å²) in [7, 11) is 0. The molecule has 0 radical (unpaired) electrons. The lowest BCUT2D eigenvalue weighted by molar-refractivity contribution is 0.661. The van der Waals surface area contributed by atoms with Crippen molar-refractivity contribution < 1.29 is 0 Å². The lowest BCUT2D eigenvalue weighted by Gasteiger charge is -2.09. The van der Waals surface area contributed by atoms with Crippen LogP contribution in [0.2, 0.25) is 0 Å². The monoisotopic (exact) mass is 189 g/mol. The number of anilines is 1. The Morgan fingerprint density at radius 1 is 1.36 bits per heavy atom. The minimum Gasteiger partial charge on any atom is -0.384 e. The molecule has 1 nitrogen and oxygen atoms in total. The summed E-state index contributed by atoms with van der Waals surface area (Å²) in [6.07, 6.45) is 3.73. The quantitative estimate of drug-likeness (QED) is 0.766. The molecule has 1 aromatic rings. The molecule has 0 fully saturated rings. The summed E-state index contributed by atoms with van der Waals surface area (Å²) in [5.74, 6) is 0.751. The number of hydrogen-bond donors (Lipinski definition) is 1. The van der Waals surface area contributed by atoms with E-state index in [0.29, 0.717) is 0 Å². The second-order valence-electron chi connectivity index (χ2n) is 4.10. The molecule has 0 aliphatic carbocycles. The van der Waals surface area contributed by atoms with Crippen molar-refractivity contribution >= 4 is 5.69 Å². The molecular formula is C13H19N. The summed E-state index contributed by atoms with van der Waals surface area (Å²) in [5, 5.41) is 3.55. The molecule has 1 N–H and O–H groups in total. The summed E-state index contributed by atoms with van der Waals surface area (Å²) >= 11 is 0. The molecule has 14 heavy (non-hydrogen) atoms. The van der Waals surface area contributed by atoms with Gasteiger partial charge in [-0.1, -0.05) is 38.5 Å². The Morgan fingerprint density at radius 2 is 2.21 bits per heavy atom. The Morgan fingerprint density at radius 3 is 2.93 bits per heavy atom. The highest BCUT2D eigenvalue weighted by atomic mass is 14.9. The Bertz CT molecular complexity index is 317. The Balaban J connectivity index is 2.31. The van der Waals surface area contributed by atoms with Gasteiger partial charge in [-0.15, -0.1) is 0 Å². The fourth-order valence-corrected chi connectivity index (χ4v) is 2.41. The molecular weight excluding hydrogens is 170 g/mol. The minimum absolute atomic E-state index is 0.751. The van der Waals surface area contributed by atoms with Crippen LogP contribution in [0.15, 0.2) is 18.2 Å². The van der Waals surface area contributed by atoms with Gasteiger partial charge in [0.1, 0.15) is 0 Å². The maximum absolute atomic E-state index is 3.55. The van der Waals surface area contributed by atoms with Crippen LogP contribution in [0.4, 0.5) is 5.69 Å². The van der Waals surface area contributed by atoms with Crippen LogP contribution in [-0.2, 0) is 6.42 Å². The zero-order valence-corrected chi connectivity index (χ0v) is 9.14. The zero-order valence-electron chi connectivity index (χ0n) is 9.14. The van der Waals surface area contributed by atoms with E-state index in [1.807, 2.05) is 0 Å². The van der Waals surface area contributed by atoms with Gasteiger partial charge in [0.15, 0.2) is 0 Å². The third kappa shape index (κ3) is 1.52. The predicted molar refractivity (Wildman–Crippen MR) is 62.0 cm³/mol. The average molecular weight is 189 g/mol. The molecule has 76 valence electrons. The second kappa shape index (κ2) is 4.04. The number of aryl methyl sites for hydroxylation is 1. The largest absolute Gasteiger partial charge is 0.384 e. The highest BCUT2D eigenvalue weighted by Gasteiger charge is 2.22. The van der Waals surface area contributed by atoms with Gasteiger partial charge in [-0.3, -0.25) is 0 Å². The van der Waals surface area contributed by atoms with Crippen molar-refractivity contribution in [3.05, 3.63) is 29.3 Å². The summed E-state index contributed by atoms with van der Waals surface area (Å²) in [6.45, 7) is 5.63. The first kappa shape index (κ1) is 9.57. The molecule has 0 saturated heterocycles. The van der Waals surface area contributed by atoms with Gasteiger partial charge in [-0.2, -0.15) is 0 Å². The molecule has 0 saturated carbocycles. The zero-order chi connectivity index (χ0) is 9.97. The number of fused-ring (bicyclic) bond motifs is 1. The van der Waals surface area contributed by atoms with E-state index >= 15 is 0 Å². The van der Waals surface area contributed by atoms with Crippen molar-refractivity contribution in [2.45, 2.75) is 39.0 Å². The first-order valence-corrected chi connectivity index (χ1v) is 5.72. The normalized spacial score (nSPS) is 19.1. The standard InChI is InChI=1S/C13H19N/c1-3-6-11-9-14-13-10(4-2)7-5-8-12(11)13/h5,7-8,11,14H,3-4,6,9H2,1-2H3/t11-/m0/s1. The van der Waals surface area contributed by atoms with E-state index in [1.165, 1.54) is 24.1 Å². The van der Waals surface area contributed by atoms with Crippen LogP contribution in [0.5, 0.6) is 0 Å². The maximum atomic E-state index is 3.55. The number of para-hydroxylation sites is 1. The second-order valence-corrected chi connectivity index (χ2v) is 4.10. The van der Waals surface area contributed by atoms with Gasteiger partial charge >= 0.3 is 0 Å². The molecule has 2 rings (SSSR count). The van der Waals surface area contributed by atoms with Gasteiger partial charge < -0.3 is 5.32 Å². The van der Waals surface area contributed by atoms with Gasteiger partial charge in [0.25, 0.3) is 0 Å². The van der Waals surface area contributed by atoms with Gasteiger partial charge in [-0.25, -0.2) is 0 Å². The summed E-state index contributed by atoms with van der Waals surface area (Å²) < 4.78 is 0. The molecule has 1 heterocycles. The predicted octanol–water partition coefficient (Wildman–Crippen LogP) is 3.56. The molecule has 1 heteroatoms. The topological polar surface area (TPSA) is 12.0 Å². The van der Waals surface area contributed by atoms with Gasteiger partial charge in [0.05, 0.1) is 0 Å². The number of nitrogens with one attached hydrogen (secondary N) is 1. The fraction of sp³-hybridized carbons (Fsp3) is 0.538. The van der Waals surface area contributed by atoms with Crippen molar-refractivity contribution in [3.63, 3.8) is 0 Å². The van der Waals surface area contributed by atoms with E-state index < -0.39 is 0 Å². The smallest absolute Gasteiger partial charge is 0.0408 e. The van der Waals surface area contributed by atoms with Crippen molar-refractivity contribution in [1.82, 2.24) is 0 Å². The van der Waals surface area contributed by atoms with Gasteiger partial charge in [0.2, 0.25) is 0 Å². The fourth-order valence-electron chi connectivity index (χ4n) is 2.41. The lowest BCUT2D eigenvalue weighted by atomic mass is 9.95. The third-order valence-electron chi connectivity index (χ3n) is 3.17. The van der Waals surface area contributed by atoms with Crippen molar-refractivity contribution in [2.24, 2.45) is 0 Å². The van der Waals surface area contributed by atoms with Crippen LogP contribution >= 0.6 is 0 Å². The first-order chi connectivity index (χ1) is 6.86. The number of hydrogen-bond acceptors (Lipinski definition) is 1. The highest BCUT2D eigenvalue weighted by Crippen LogP contribution is 2.36. The maximum Gasteiger partial charge on any atom is 0.0408 e. The molecule has 1 aromatic carbocycles. The molecule has 1 aliphatic rings. The van der Waals surface area contributed by atoms with Crippen molar-refractivity contribution in [2.75, 3.05) is 11.9 Å². The van der Waals surface area contributed by atoms with Crippen molar-refractivity contribution in [3.8, 4) is 0 Å². The van der Waals surface area contributed by atoms with Crippen LogP contribution in [0.25, 0.3) is 0 Å². The number of benzene rings is 1. The molecule has 0 bridgehead atoms. The van der Waals surface area contributed by atoms with Crippen LogP contribution in [-0.4, -0.2) is 6.54 Å². The Kier molecular flexibility index (Phi) is 2.76. The molecule has 0 aromatic heterocycles. The molecule has 0 spiro atoms. The number of rotatable bonds is 3. The molecule has 0 unspecified atom stereocenters.